The van der Waals surface area contributed by atoms with Crippen LogP contribution in [-0.4, -0.2) is 5.97 Å². The van der Waals surface area contributed by atoms with Crippen LogP contribution in [0, 0.1) is 6.92 Å². The second kappa shape index (κ2) is 6.38. The lowest BCUT2D eigenvalue weighted by atomic mass is 9.98. The van der Waals surface area contributed by atoms with Crippen molar-refractivity contribution < 1.29 is 13.9 Å². The molecule has 0 amide bonds. The average Bonchev–Trinajstić information content (AvgIpc) is 2.30. The fourth-order valence-corrected chi connectivity index (χ4v) is 1.91. The topological polar surface area (TPSA) is 56.5 Å². The summed E-state index contributed by atoms with van der Waals surface area (Å²) in [5, 5.41) is 0. The van der Waals surface area contributed by atoms with Crippen molar-refractivity contribution >= 4 is 5.97 Å². The van der Waals surface area contributed by atoms with Gasteiger partial charge in [-0.3, -0.25) is 4.79 Å². The molecule has 0 N–H and O–H groups in total. The van der Waals surface area contributed by atoms with Gasteiger partial charge in [0.05, 0.1) is 0 Å². The van der Waals surface area contributed by atoms with E-state index >= 15 is 0 Å². The number of aryl methyl sites for hydroxylation is 1. The van der Waals surface area contributed by atoms with Crippen molar-refractivity contribution in [3.63, 3.8) is 0 Å². The van der Waals surface area contributed by atoms with Crippen LogP contribution in [0.5, 0.6) is 0 Å². The first-order valence-electron chi connectivity index (χ1n) is 6.22. The van der Waals surface area contributed by atoms with Crippen molar-refractivity contribution in [3.8, 4) is 0 Å². The fraction of sp³-hybridized carbons (Fsp3) is 0.571. The maximum Gasteiger partial charge on any atom is 0.338 e. The number of hydrogen-bond acceptors (Lipinski definition) is 4. The molecule has 1 aromatic heterocycles. The minimum Gasteiger partial charge on any atom is -0.461 e. The van der Waals surface area contributed by atoms with E-state index in [1.54, 1.807) is 13.0 Å². The molecule has 100 valence electrons. The Balaban J connectivity index is 3.08. The quantitative estimate of drug-likeness (QED) is 0.756. The molecule has 0 fully saturated rings. The number of carbonyl (C=O) groups is 1. The average molecular weight is 252 g/mol. The molecule has 0 spiro atoms. The SMILES string of the molecule is CCC[C@@H](C)c1oc(=O)c(C)cc1COC(C)=O. The van der Waals surface area contributed by atoms with Crippen LogP contribution in [0.2, 0.25) is 0 Å². The van der Waals surface area contributed by atoms with E-state index in [4.69, 9.17) is 9.15 Å². The van der Waals surface area contributed by atoms with Crippen molar-refractivity contribution in [2.75, 3.05) is 0 Å². The van der Waals surface area contributed by atoms with Crippen LogP contribution in [0.1, 0.15) is 56.4 Å². The maximum atomic E-state index is 11.6. The zero-order chi connectivity index (χ0) is 13.7. The summed E-state index contributed by atoms with van der Waals surface area (Å²) in [5.41, 5.74) is 0.993. The van der Waals surface area contributed by atoms with Gasteiger partial charge in [-0.1, -0.05) is 20.3 Å². The van der Waals surface area contributed by atoms with E-state index in [2.05, 4.69) is 6.92 Å². The summed E-state index contributed by atoms with van der Waals surface area (Å²) < 4.78 is 10.3. The van der Waals surface area contributed by atoms with Crippen molar-refractivity contribution in [1.29, 1.82) is 0 Å². The van der Waals surface area contributed by atoms with E-state index in [1.807, 2.05) is 6.92 Å². The summed E-state index contributed by atoms with van der Waals surface area (Å²) >= 11 is 0. The largest absolute Gasteiger partial charge is 0.461 e. The van der Waals surface area contributed by atoms with Crippen LogP contribution in [-0.2, 0) is 16.1 Å². The summed E-state index contributed by atoms with van der Waals surface area (Å²) in [4.78, 5) is 22.4. The van der Waals surface area contributed by atoms with Crippen molar-refractivity contribution in [2.24, 2.45) is 0 Å². The van der Waals surface area contributed by atoms with E-state index in [0.29, 0.717) is 11.3 Å². The lowest BCUT2D eigenvalue weighted by Crippen LogP contribution is -2.12. The molecular formula is C14H20O4. The molecule has 4 heteroatoms. The second-order valence-corrected chi connectivity index (χ2v) is 4.58. The Morgan fingerprint density at radius 1 is 1.50 bits per heavy atom. The highest BCUT2D eigenvalue weighted by Crippen LogP contribution is 2.24. The van der Waals surface area contributed by atoms with E-state index in [0.717, 1.165) is 18.4 Å². The Labute approximate surface area is 107 Å². The van der Waals surface area contributed by atoms with Gasteiger partial charge in [-0.15, -0.1) is 0 Å². The van der Waals surface area contributed by atoms with Crippen molar-refractivity contribution in [1.82, 2.24) is 0 Å². The molecule has 0 unspecified atom stereocenters. The number of rotatable bonds is 5. The zero-order valence-electron chi connectivity index (χ0n) is 11.4. The lowest BCUT2D eigenvalue weighted by molar-refractivity contribution is -0.142. The van der Waals surface area contributed by atoms with Crippen LogP contribution in [0.4, 0.5) is 0 Å². The van der Waals surface area contributed by atoms with Gasteiger partial charge in [0.25, 0.3) is 0 Å². The Hall–Kier alpha value is -1.58. The molecule has 0 aliphatic heterocycles. The molecule has 1 heterocycles. The third-order valence-corrected chi connectivity index (χ3v) is 2.83. The number of hydrogen-bond donors (Lipinski definition) is 0. The van der Waals surface area contributed by atoms with Gasteiger partial charge < -0.3 is 9.15 Å². The molecule has 1 atom stereocenters. The minimum atomic E-state index is -0.340. The summed E-state index contributed by atoms with van der Waals surface area (Å²) in [7, 11) is 0. The molecule has 0 radical (unpaired) electrons. The van der Waals surface area contributed by atoms with Crippen molar-refractivity contribution in [3.05, 3.63) is 33.4 Å². The van der Waals surface area contributed by atoms with Gasteiger partial charge >= 0.3 is 11.6 Å². The van der Waals surface area contributed by atoms with E-state index in [9.17, 15) is 9.59 Å². The summed E-state index contributed by atoms with van der Waals surface area (Å²) in [6.45, 7) is 7.30. The third kappa shape index (κ3) is 3.72. The minimum absolute atomic E-state index is 0.147. The molecule has 0 saturated heterocycles. The van der Waals surface area contributed by atoms with Gasteiger partial charge in [0.15, 0.2) is 0 Å². The van der Waals surface area contributed by atoms with Crippen LogP contribution >= 0.6 is 0 Å². The first kappa shape index (κ1) is 14.5. The monoisotopic (exact) mass is 252 g/mol. The smallest absolute Gasteiger partial charge is 0.338 e. The van der Waals surface area contributed by atoms with Gasteiger partial charge in [-0.25, -0.2) is 4.79 Å². The first-order valence-corrected chi connectivity index (χ1v) is 6.22. The normalized spacial score (nSPS) is 12.2. The lowest BCUT2D eigenvalue weighted by Gasteiger charge is -2.14. The van der Waals surface area contributed by atoms with Crippen LogP contribution in [0.15, 0.2) is 15.3 Å². The molecular weight excluding hydrogens is 232 g/mol. The molecule has 18 heavy (non-hydrogen) atoms. The molecule has 0 aliphatic rings. The first-order chi connectivity index (χ1) is 8.45. The Morgan fingerprint density at radius 3 is 2.72 bits per heavy atom. The standard InChI is InChI=1S/C14H20O4/c1-5-6-9(2)13-12(8-17-11(4)15)7-10(3)14(16)18-13/h7,9H,5-6,8H2,1-4H3/t9-/m1/s1. The second-order valence-electron chi connectivity index (χ2n) is 4.58. The van der Waals surface area contributed by atoms with E-state index in [1.165, 1.54) is 6.92 Å². The van der Waals surface area contributed by atoms with Gasteiger partial charge in [-0.05, 0) is 19.4 Å². The molecule has 1 rings (SSSR count). The number of esters is 1. The van der Waals surface area contributed by atoms with Crippen LogP contribution < -0.4 is 5.63 Å². The van der Waals surface area contributed by atoms with Gasteiger partial charge in [0.1, 0.15) is 12.4 Å². The Kier molecular flexibility index (Phi) is 5.13. The third-order valence-electron chi connectivity index (χ3n) is 2.83. The van der Waals surface area contributed by atoms with Gasteiger partial charge in [-0.2, -0.15) is 0 Å². The number of carbonyl (C=O) groups excluding carboxylic acids is 1. The molecule has 0 saturated carbocycles. The molecule has 0 bridgehead atoms. The molecule has 0 aromatic carbocycles. The highest BCUT2D eigenvalue weighted by atomic mass is 16.5. The van der Waals surface area contributed by atoms with Crippen LogP contribution in [0.3, 0.4) is 0 Å². The Morgan fingerprint density at radius 2 is 2.17 bits per heavy atom. The summed E-state index contributed by atoms with van der Waals surface area (Å²) in [6.07, 6.45) is 1.94. The highest BCUT2D eigenvalue weighted by molar-refractivity contribution is 5.65. The van der Waals surface area contributed by atoms with Crippen molar-refractivity contribution in [2.45, 2.75) is 53.1 Å². The predicted octanol–water partition coefficient (Wildman–Crippen LogP) is 2.91. The van der Waals surface area contributed by atoms with Gasteiger partial charge in [0, 0.05) is 24.0 Å². The Bertz CT molecular complexity index is 473. The molecule has 4 nitrogen and oxygen atoms in total. The molecule has 0 aliphatic carbocycles. The predicted molar refractivity (Wildman–Crippen MR) is 68.5 cm³/mol. The summed E-state index contributed by atoms with van der Waals surface area (Å²) in [5.74, 6) is 0.440. The summed E-state index contributed by atoms with van der Waals surface area (Å²) in [6, 6.07) is 1.75. The zero-order valence-corrected chi connectivity index (χ0v) is 11.4. The molecule has 1 aromatic rings. The highest BCUT2D eigenvalue weighted by Gasteiger charge is 2.16. The fourth-order valence-electron chi connectivity index (χ4n) is 1.91. The van der Waals surface area contributed by atoms with E-state index in [-0.39, 0.29) is 24.1 Å². The van der Waals surface area contributed by atoms with E-state index < -0.39 is 0 Å². The number of ether oxygens (including phenoxy) is 1. The van der Waals surface area contributed by atoms with Crippen LogP contribution in [0.25, 0.3) is 0 Å². The van der Waals surface area contributed by atoms with Gasteiger partial charge in [0.2, 0.25) is 0 Å². The maximum absolute atomic E-state index is 11.6.